The minimum atomic E-state index is -0.226. The van der Waals surface area contributed by atoms with Gasteiger partial charge in [-0.25, -0.2) is 4.79 Å². The molecular weight excluding hydrogens is 324 g/mol. The van der Waals surface area contributed by atoms with Crippen molar-refractivity contribution in [2.75, 3.05) is 13.2 Å². The normalized spacial score (nSPS) is 25.7. The summed E-state index contributed by atoms with van der Waals surface area (Å²) in [6.07, 6.45) is 1.49. The second-order valence-corrected chi connectivity index (χ2v) is 7.49. The van der Waals surface area contributed by atoms with E-state index in [1.807, 2.05) is 17.0 Å². The highest BCUT2D eigenvalue weighted by Crippen LogP contribution is 2.47. The van der Waals surface area contributed by atoms with Gasteiger partial charge in [-0.1, -0.05) is 48.5 Å². The molecule has 1 heterocycles. The van der Waals surface area contributed by atoms with Crippen LogP contribution in [-0.4, -0.2) is 30.2 Å². The fraction of sp³-hybridized carbons (Fsp3) is 0.364. The summed E-state index contributed by atoms with van der Waals surface area (Å²) in [6.45, 7) is 0.999. The lowest BCUT2D eigenvalue weighted by molar-refractivity contribution is 0.0857. The first kappa shape index (κ1) is 15.5. The maximum atomic E-state index is 12.6. The molecule has 3 unspecified atom stereocenters. The maximum absolute atomic E-state index is 12.6. The highest BCUT2D eigenvalue weighted by atomic mass is 16.6. The van der Waals surface area contributed by atoms with Gasteiger partial charge in [-0.2, -0.15) is 5.26 Å². The molecule has 0 bridgehead atoms. The molecule has 26 heavy (non-hydrogen) atoms. The SMILES string of the molecule is N#CC1CCN(C(=O)OCC2c3ccccc3-c3ccccc32)C2CC12. The highest BCUT2D eigenvalue weighted by molar-refractivity contribution is 5.79. The third-order valence-corrected chi connectivity index (χ3v) is 6.14. The van der Waals surface area contributed by atoms with Crippen molar-refractivity contribution in [3.05, 3.63) is 59.7 Å². The zero-order valence-electron chi connectivity index (χ0n) is 14.5. The standard InChI is InChI=1S/C22H20N2O2/c23-12-14-9-10-24(21-11-19(14)21)22(25)26-13-20-17-7-3-1-5-15(17)16-6-2-4-8-18(16)20/h1-8,14,19-21H,9-11,13H2. The van der Waals surface area contributed by atoms with Crippen molar-refractivity contribution in [1.29, 1.82) is 5.26 Å². The number of benzene rings is 2. The van der Waals surface area contributed by atoms with Gasteiger partial charge in [-0.15, -0.1) is 0 Å². The summed E-state index contributed by atoms with van der Waals surface area (Å²) in [6, 6.07) is 19.3. The van der Waals surface area contributed by atoms with Gasteiger partial charge < -0.3 is 9.64 Å². The zero-order chi connectivity index (χ0) is 17.7. The molecule has 2 fully saturated rings. The third-order valence-electron chi connectivity index (χ3n) is 6.14. The summed E-state index contributed by atoms with van der Waals surface area (Å²) in [5.74, 6) is 0.560. The number of nitriles is 1. The van der Waals surface area contributed by atoms with E-state index in [4.69, 9.17) is 10.00 Å². The van der Waals surface area contributed by atoms with E-state index in [1.54, 1.807) is 0 Å². The minimum absolute atomic E-state index is 0.0954. The summed E-state index contributed by atoms with van der Waals surface area (Å²) in [7, 11) is 0. The Kier molecular flexibility index (Phi) is 3.49. The van der Waals surface area contributed by atoms with Crippen molar-refractivity contribution in [1.82, 2.24) is 4.90 Å². The van der Waals surface area contributed by atoms with Gasteiger partial charge in [0.25, 0.3) is 0 Å². The molecule has 4 heteroatoms. The number of rotatable bonds is 2. The van der Waals surface area contributed by atoms with Gasteiger partial charge in [0.1, 0.15) is 6.61 Å². The van der Waals surface area contributed by atoms with Crippen molar-refractivity contribution in [2.45, 2.75) is 24.8 Å². The van der Waals surface area contributed by atoms with Crippen LogP contribution in [-0.2, 0) is 4.74 Å². The molecular formula is C22H20N2O2. The predicted molar refractivity (Wildman–Crippen MR) is 97.4 cm³/mol. The van der Waals surface area contributed by atoms with Crippen LogP contribution in [0, 0.1) is 23.2 Å². The van der Waals surface area contributed by atoms with Gasteiger partial charge in [-0.3, -0.25) is 0 Å². The number of hydrogen-bond acceptors (Lipinski definition) is 3. The Balaban J connectivity index is 1.32. The lowest BCUT2D eigenvalue weighted by Gasteiger charge is -2.28. The van der Waals surface area contributed by atoms with Crippen LogP contribution in [0.5, 0.6) is 0 Å². The Hall–Kier alpha value is -2.80. The lowest BCUT2D eigenvalue weighted by atomic mass is 9.97. The summed E-state index contributed by atoms with van der Waals surface area (Å²) in [5, 5.41) is 9.16. The molecule has 2 aliphatic carbocycles. The summed E-state index contributed by atoms with van der Waals surface area (Å²) < 4.78 is 5.75. The third kappa shape index (κ3) is 2.31. The second kappa shape index (κ2) is 5.88. The Morgan fingerprint density at radius 3 is 2.42 bits per heavy atom. The van der Waals surface area contributed by atoms with E-state index < -0.39 is 0 Å². The monoisotopic (exact) mass is 344 g/mol. The number of ether oxygens (including phenoxy) is 1. The number of fused-ring (bicyclic) bond motifs is 4. The van der Waals surface area contributed by atoms with Crippen molar-refractivity contribution in [2.24, 2.45) is 11.8 Å². The number of likely N-dealkylation sites (tertiary alicyclic amines) is 1. The van der Waals surface area contributed by atoms with Gasteiger partial charge in [0, 0.05) is 18.5 Å². The Morgan fingerprint density at radius 2 is 1.77 bits per heavy atom. The van der Waals surface area contributed by atoms with E-state index in [9.17, 15) is 4.79 Å². The Bertz CT molecular complexity index is 871. The smallest absolute Gasteiger partial charge is 0.410 e. The number of amides is 1. The van der Waals surface area contributed by atoms with Crippen LogP contribution in [0.4, 0.5) is 4.79 Å². The highest BCUT2D eigenvalue weighted by Gasteiger charge is 2.52. The van der Waals surface area contributed by atoms with E-state index >= 15 is 0 Å². The Morgan fingerprint density at radius 1 is 1.12 bits per heavy atom. The van der Waals surface area contributed by atoms with Crippen molar-refractivity contribution in [3.8, 4) is 17.2 Å². The molecule has 1 saturated heterocycles. The quantitative estimate of drug-likeness (QED) is 0.821. The fourth-order valence-corrected chi connectivity index (χ4v) is 4.71. The molecule has 1 aliphatic heterocycles. The molecule has 0 N–H and O–H groups in total. The molecule has 4 nitrogen and oxygen atoms in total. The fourth-order valence-electron chi connectivity index (χ4n) is 4.71. The van der Waals surface area contributed by atoms with Gasteiger partial charge in [-0.05, 0) is 41.0 Å². The molecule has 2 aromatic carbocycles. The van der Waals surface area contributed by atoms with Gasteiger partial charge in [0.15, 0.2) is 0 Å². The number of hydrogen-bond donors (Lipinski definition) is 0. The predicted octanol–water partition coefficient (Wildman–Crippen LogP) is 4.17. The molecule has 1 saturated carbocycles. The first-order valence-electron chi connectivity index (χ1n) is 9.29. The summed E-state index contributed by atoms with van der Waals surface area (Å²) in [4.78, 5) is 14.5. The van der Waals surface area contributed by atoms with E-state index in [2.05, 4.69) is 42.5 Å². The second-order valence-electron chi connectivity index (χ2n) is 7.49. The molecule has 3 atom stereocenters. The molecule has 0 aromatic heterocycles. The van der Waals surface area contributed by atoms with Crippen LogP contribution in [0.1, 0.15) is 29.9 Å². The zero-order valence-corrected chi connectivity index (χ0v) is 14.5. The van der Waals surface area contributed by atoms with Crippen molar-refractivity contribution >= 4 is 6.09 Å². The van der Waals surface area contributed by atoms with Crippen LogP contribution in [0.15, 0.2) is 48.5 Å². The molecule has 0 radical (unpaired) electrons. The van der Waals surface area contributed by atoms with Crippen LogP contribution in [0.3, 0.4) is 0 Å². The first-order valence-corrected chi connectivity index (χ1v) is 9.29. The van der Waals surface area contributed by atoms with Crippen LogP contribution in [0.25, 0.3) is 11.1 Å². The number of nitrogens with zero attached hydrogens (tertiary/aromatic N) is 2. The van der Waals surface area contributed by atoms with Gasteiger partial charge in [0.2, 0.25) is 0 Å². The lowest BCUT2D eigenvalue weighted by Crippen LogP contribution is -2.40. The van der Waals surface area contributed by atoms with E-state index in [1.165, 1.54) is 22.3 Å². The average Bonchev–Trinajstić information content (AvgIpc) is 3.42. The maximum Gasteiger partial charge on any atom is 0.410 e. The van der Waals surface area contributed by atoms with Crippen molar-refractivity contribution in [3.63, 3.8) is 0 Å². The van der Waals surface area contributed by atoms with Gasteiger partial charge in [0.05, 0.1) is 12.0 Å². The molecule has 1 amide bonds. The van der Waals surface area contributed by atoms with Crippen LogP contribution < -0.4 is 0 Å². The van der Waals surface area contributed by atoms with E-state index in [-0.39, 0.29) is 24.0 Å². The van der Waals surface area contributed by atoms with Gasteiger partial charge >= 0.3 is 6.09 Å². The van der Waals surface area contributed by atoms with E-state index in [0.717, 1.165) is 12.8 Å². The summed E-state index contributed by atoms with van der Waals surface area (Å²) >= 11 is 0. The molecule has 130 valence electrons. The van der Waals surface area contributed by atoms with E-state index in [0.29, 0.717) is 19.1 Å². The largest absolute Gasteiger partial charge is 0.448 e. The molecule has 0 spiro atoms. The number of carbonyl (C=O) groups excluding carboxylic acids is 1. The minimum Gasteiger partial charge on any atom is -0.448 e. The average molecular weight is 344 g/mol. The molecule has 2 aromatic rings. The topological polar surface area (TPSA) is 53.3 Å². The Labute approximate surface area is 153 Å². The number of carbonyl (C=O) groups is 1. The van der Waals surface area contributed by atoms with Crippen LogP contribution in [0.2, 0.25) is 0 Å². The number of piperidine rings is 1. The molecule has 5 rings (SSSR count). The molecule has 3 aliphatic rings. The van der Waals surface area contributed by atoms with Crippen molar-refractivity contribution < 1.29 is 9.53 Å². The summed E-state index contributed by atoms with van der Waals surface area (Å²) in [5.41, 5.74) is 4.94. The first-order chi connectivity index (χ1) is 12.8. The van der Waals surface area contributed by atoms with Crippen LogP contribution >= 0.6 is 0 Å².